The van der Waals surface area contributed by atoms with Gasteiger partial charge in [0.25, 0.3) is 0 Å². The molecule has 0 atom stereocenters. The number of rotatable bonds is 28. The van der Waals surface area contributed by atoms with Crippen molar-refractivity contribution >= 4 is 41.4 Å². The SMILES string of the molecule is [CH2-]ON(CCCCCNC(=O)CCC(=O)N(O)CCCCCNC(=O)CCC(=O)N(O)CCCCCNC(=O)CCC(=O)O)C(C)=O.[Fe]. The number of carbonyl (C=O) groups excluding carboxylic acids is 6. The first kappa shape index (κ1) is 46.8. The summed E-state index contributed by atoms with van der Waals surface area (Å²) in [6.07, 6.45) is 4.83. The fourth-order valence-corrected chi connectivity index (χ4v) is 4.11. The molecule has 0 heterocycles. The Morgan fingerprint density at radius 2 is 0.917 bits per heavy atom. The minimum atomic E-state index is -1.04. The molecule has 0 spiro atoms. The molecule has 0 aliphatic heterocycles. The molecule has 18 heteroatoms. The molecular formula is C30H53FeN6O11-. The molecule has 0 aliphatic carbocycles. The van der Waals surface area contributed by atoms with Gasteiger partial charge >= 0.3 is 5.97 Å². The van der Waals surface area contributed by atoms with Gasteiger partial charge in [0.05, 0.1) is 6.42 Å². The number of carboxylic acid groups (broad SMARTS) is 1. The van der Waals surface area contributed by atoms with Gasteiger partial charge in [-0.3, -0.25) is 49.0 Å². The second-order valence-corrected chi connectivity index (χ2v) is 10.9. The first-order chi connectivity index (χ1) is 22.4. The van der Waals surface area contributed by atoms with E-state index in [1.54, 1.807) is 0 Å². The van der Waals surface area contributed by atoms with E-state index in [2.05, 4.69) is 27.9 Å². The monoisotopic (exact) mass is 729 g/mol. The van der Waals surface area contributed by atoms with E-state index in [1.165, 1.54) is 6.92 Å². The van der Waals surface area contributed by atoms with Gasteiger partial charge in [-0.2, -0.15) is 7.11 Å². The van der Waals surface area contributed by atoms with Crippen LogP contribution in [0.25, 0.3) is 0 Å². The van der Waals surface area contributed by atoms with Crippen LogP contribution in [-0.4, -0.2) is 111 Å². The van der Waals surface area contributed by atoms with Crippen molar-refractivity contribution in [3.63, 3.8) is 0 Å². The fraction of sp³-hybridized carbons (Fsp3) is 0.733. The van der Waals surface area contributed by atoms with E-state index in [1.807, 2.05) is 0 Å². The van der Waals surface area contributed by atoms with E-state index in [-0.39, 0.29) is 92.3 Å². The van der Waals surface area contributed by atoms with E-state index < -0.39 is 17.8 Å². The summed E-state index contributed by atoms with van der Waals surface area (Å²) >= 11 is 0. The molecular weight excluding hydrogens is 676 g/mol. The molecule has 0 bridgehead atoms. The smallest absolute Gasteiger partial charge is 0.303 e. The Morgan fingerprint density at radius 1 is 0.562 bits per heavy atom. The van der Waals surface area contributed by atoms with Crippen molar-refractivity contribution in [2.75, 3.05) is 39.3 Å². The Balaban J connectivity index is 0. The first-order valence-corrected chi connectivity index (χ1v) is 16.1. The largest absolute Gasteiger partial charge is 0.481 e. The number of hydrogen-bond acceptors (Lipinski definition) is 10. The van der Waals surface area contributed by atoms with Crippen molar-refractivity contribution in [3.05, 3.63) is 7.11 Å². The summed E-state index contributed by atoms with van der Waals surface area (Å²) in [4.78, 5) is 85.8. The summed E-state index contributed by atoms with van der Waals surface area (Å²) in [6, 6.07) is 0. The molecule has 0 fully saturated rings. The van der Waals surface area contributed by atoms with E-state index in [4.69, 9.17) is 5.11 Å². The average Bonchev–Trinajstić information content (AvgIpc) is 3.03. The number of carbonyl (C=O) groups is 7. The van der Waals surface area contributed by atoms with Crippen LogP contribution in [0.15, 0.2) is 0 Å². The zero-order chi connectivity index (χ0) is 35.5. The predicted molar refractivity (Wildman–Crippen MR) is 167 cm³/mol. The number of nitrogens with zero attached hydrogens (tertiary/aromatic N) is 3. The van der Waals surface area contributed by atoms with Gasteiger partial charge < -0.3 is 25.9 Å². The number of hydroxylamine groups is 6. The molecule has 0 saturated carbocycles. The molecule has 6 amide bonds. The van der Waals surface area contributed by atoms with Crippen molar-refractivity contribution < 1.29 is 71.0 Å². The molecule has 48 heavy (non-hydrogen) atoms. The minimum Gasteiger partial charge on any atom is -0.481 e. The fourth-order valence-electron chi connectivity index (χ4n) is 4.11. The molecule has 0 radical (unpaired) electrons. The van der Waals surface area contributed by atoms with Crippen LogP contribution in [0.4, 0.5) is 0 Å². The molecule has 0 aromatic rings. The van der Waals surface area contributed by atoms with E-state index in [0.29, 0.717) is 87.7 Å². The molecule has 278 valence electrons. The second kappa shape index (κ2) is 29.8. The molecule has 0 rings (SSSR count). The van der Waals surface area contributed by atoms with Crippen molar-refractivity contribution in [2.45, 2.75) is 103 Å². The van der Waals surface area contributed by atoms with Crippen LogP contribution < -0.4 is 16.0 Å². The normalized spacial score (nSPS) is 10.3. The standard InChI is InChI=1S/C30H53N6O11.Fe/c1-24(37)36(47-2)23-11-5-8-20-32-26(39)13-16-29(42)34(45)21-9-3-6-18-31-25(38)12-15-28(41)35(46)22-10-4-7-19-33-27(40)14-17-30(43)44;/h45-46H,2-23H2,1H3,(H,31,38)(H,32,39)(H,33,40)(H,43,44);/q-1;. The number of hydrogen-bond donors (Lipinski definition) is 6. The van der Waals surface area contributed by atoms with Gasteiger partial charge in [-0.25, -0.2) is 10.1 Å². The van der Waals surface area contributed by atoms with E-state index in [9.17, 15) is 44.0 Å². The van der Waals surface area contributed by atoms with Crippen LogP contribution >= 0.6 is 0 Å². The minimum absolute atomic E-state index is 0. The Labute approximate surface area is 292 Å². The predicted octanol–water partition coefficient (Wildman–Crippen LogP) is 1.28. The molecule has 6 N–H and O–H groups in total. The Kier molecular flexibility index (Phi) is 29.1. The van der Waals surface area contributed by atoms with Gasteiger partial charge in [0.1, 0.15) is 0 Å². The van der Waals surface area contributed by atoms with Crippen molar-refractivity contribution in [1.29, 1.82) is 0 Å². The zero-order valence-electron chi connectivity index (χ0n) is 27.9. The van der Waals surface area contributed by atoms with Gasteiger partial charge in [-0.1, -0.05) is 0 Å². The summed E-state index contributed by atoms with van der Waals surface area (Å²) in [5.74, 6) is -3.40. The Bertz CT molecular complexity index is 989. The average molecular weight is 730 g/mol. The summed E-state index contributed by atoms with van der Waals surface area (Å²) in [5, 5.41) is 38.6. The molecule has 0 aliphatic rings. The van der Waals surface area contributed by atoms with Gasteiger partial charge in [0, 0.05) is 95.4 Å². The van der Waals surface area contributed by atoms with Crippen LogP contribution in [0.3, 0.4) is 0 Å². The van der Waals surface area contributed by atoms with E-state index in [0.717, 1.165) is 11.5 Å². The zero-order valence-corrected chi connectivity index (χ0v) is 29.0. The number of unbranched alkanes of at least 4 members (excludes halogenated alkanes) is 6. The van der Waals surface area contributed by atoms with Gasteiger partial charge in [-0.15, -0.1) is 0 Å². The number of carboxylic acids is 1. The number of nitrogens with one attached hydrogen (secondary N) is 3. The van der Waals surface area contributed by atoms with Gasteiger partial charge in [-0.05, 0) is 57.8 Å². The summed E-state index contributed by atoms with van der Waals surface area (Å²) in [5.41, 5.74) is 0. The first-order valence-electron chi connectivity index (χ1n) is 16.1. The van der Waals surface area contributed by atoms with E-state index >= 15 is 0 Å². The maximum atomic E-state index is 12.1. The quantitative estimate of drug-likeness (QED) is 0.0221. The van der Waals surface area contributed by atoms with Crippen LogP contribution in [0.2, 0.25) is 0 Å². The number of amides is 6. The maximum Gasteiger partial charge on any atom is 0.303 e. The van der Waals surface area contributed by atoms with Crippen LogP contribution in [0.1, 0.15) is 103 Å². The Hall–Kier alpha value is -3.31. The van der Waals surface area contributed by atoms with Gasteiger partial charge in [0.2, 0.25) is 35.4 Å². The van der Waals surface area contributed by atoms with Crippen molar-refractivity contribution in [2.24, 2.45) is 0 Å². The molecule has 0 unspecified atom stereocenters. The van der Waals surface area contributed by atoms with Crippen LogP contribution in [0.5, 0.6) is 0 Å². The van der Waals surface area contributed by atoms with Crippen molar-refractivity contribution in [1.82, 2.24) is 31.1 Å². The number of aliphatic carboxylic acids is 1. The molecule has 0 aromatic carbocycles. The molecule has 0 aromatic heterocycles. The topological polar surface area (TPSA) is 235 Å². The third-order valence-corrected chi connectivity index (χ3v) is 6.88. The third-order valence-electron chi connectivity index (χ3n) is 6.88. The van der Waals surface area contributed by atoms with Crippen molar-refractivity contribution in [3.8, 4) is 0 Å². The molecule has 17 nitrogen and oxygen atoms in total. The van der Waals surface area contributed by atoms with Crippen LogP contribution in [-0.2, 0) is 55.5 Å². The van der Waals surface area contributed by atoms with Gasteiger partial charge in [0.15, 0.2) is 0 Å². The Morgan fingerprint density at radius 3 is 1.25 bits per heavy atom. The van der Waals surface area contributed by atoms with Crippen LogP contribution in [0, 0.1) is 7.11 Å². The third kappa shape index (κ3) is 26.7. The summed E-state index contributed by atoms with van der Waals surface area (Å²) in [6.45, 7) is 3.11. The summed E-state index contributed by atoms with van der Waals surface area (Å²) < 4.78 is 0. The molecule has 0 saturated heterocycles. The maximum absolute atomic E-state index is 12.1. The second-order valence-electron chi connectivity index (χ2n) is 10.9. The summed E-state index contributed by atoms with van der Waals surface area (Å²) in [7, 11) is 3.22.